The quantitative estimate of drug-likeness (QED) is 0.618. The summed E-state index contributed by atoms with van der Waals surface area (Å²) < 4.78 is 24.4. The number of ether oxygens (including phenoxy) is 2. The lowest BCUT2D eigenvalue weighted by molar-refractivity contribution is -0.149. The molecule has 2 saturated heterocycles. The molecule has 0 bridgehead atoms. The van der Waals surface area contributed by atoms with Gasteiger partial charge in [0.1, 0.15) is 23.7 Å². The number of methoxy groups -OCH3 is 1. The van der Waals surface area contributed by atoms with Crippen LogP contribution in [0.4, 0.5) is 14.9 Å². The molecule has 0 aliphatic carbocycles. The molecule has 8 nitrogen and oxygen atoms in total. The molecule has 26 heavy (non-hydrogen) atoms. The number of amides is 3. The number of carbonyl (C=O) groups is 3. The lowest BCUT2D eigenvalue weighted by Gasteiger charge is -2.33. The number of urea groups is 1. The topological polar surface area (TPSA) is 88.2 Å². The Bertz CT molecular complexity index is 774. The van der Waals surface area contributed by atoms with Crippen molar-refractivity contribution in [2.45, 2.75) is 19.0 Å². The molecule has 3 amide bonds. The van der Waals surface area contributed by atoms with Gasteiger partial charge in [0, 0.05) is 19.2 Å². The van der Waals surface area contributed by atoms with Crippen molar-refractivity contribution in [1.29, 1.82) is 0 Å². The number of rotatable bonds is 4. The highest BCUT2D eigenvalue weighted by molar-refractivity contribution is 6.32. The van der Waals surface area contributed by atoms with Crippen LogP contribution < -0.4 is 15.0 Å². The van der Waals surface area contributed by atoms with Crippen LogP contribution in [0.3, 0.4) is 0 Å². The fourth-order valence-electron chi connectivity index (χ4n) is 3.13. The van der Waals surface area contributed by atoms with Crippen LogP contribution in [0.1, 0.15) is 6.92 Å². The third-order valence-corrected chi connectivity index (χ3v) is 4.58. The zero-order chi connectivity index (χ0) is 19.0. The standard InChI is InChI=1S/C16H17ClFN3O5/c1-3-26-15(23)12-13-14(22)21(16(24)20(13)5-4-19-12)10-7-11(25-2)8(17)6-9(10)18/h6-7,12-13,19H,3-5H2,1-2H3. The lowest BCUT2D eigenvalue weighted by Crippen LogP contribution is -2.61. The Morgan fingerprint density at radius 2 is 2.15 bits per heavy atom. The molecule has 0 saturated carbocycles. The van der Waals surface area contributed by atoms with Crippen molar-refractivity contribution in [1.82, 2.24) is 10.2 Å². The fourth-order valence-corrected chi connectivity index (χ4v) is 3.36. The second kappa shape index (κ2) is 7.08. The number of fused-ring (bicyclic) bond motifs is 1. The van der Waals surface area contributed by atoms with E-state index in [9.17, 15) is 18.8 Å². The van der Waals surface area contributed by atoms with Crippen molar-refractivity contribution in [3.8, 4) is 5.75 Å². The number of esters is 1. The van der Waals surface area contributed by atoms with E-state index in [4.69, 9.17) is 21.1 Å². The lowest BCUT2D eigenvalue weighted by atomic mass is 10.0. The van der Waals surface area contributed by atoms with Crippen LogP contribution in [0.5, 0.6) is 5.75 Å². The van der Waals surface area contributed by atoms with E-state index in [1.54, 1.807) is 6.92 Å². The van der Waals surface area contributed by atoms with Crippen molar-refractivity contribution in [3.05, 3.63) is 23.0 Å². The first-order valence-corrected chi connectivity index (χ1v) is 8.36. The molecule has 1 aromatic rings. The third kappa shape index (κ3) is 2.86. The molecule has 2 fully saturated rings. The minimum atomic E-state index is -1.10. The fraction of sp³-hybridized carbons (Fsp3) is 0.438. The van der Waals surface area contributed by atoms with Crippen LogP contribution >= 0.6 is 11.6 Å². The molecule has 1 aromatic carbocycles. The molecule has 2 atom stereocenters. The van der Waals surface area contributed by atoms with Crippen LogP contribution in [0.25, 0.3) is 0 Å². The van der Waals surface area contributed by atoms with Gasteiger partial charge >= 0.3 is 12.0 Å². The van der Waals surface area contributed by atoms with E-state index in [1.165, 1.54) is 18.1 Å². The van der Waals surface area contributed by atoms with Crippen LogP contribution in [-0.4, -0.2) is 61.7 Å². The van der Waals surface area contributed by atoms with Gasteiger partial charge in [0.15, 0.2) is 0 Å². The summed E-state index contributed by atoms with van der Waals surface area (Å²) in [4.78, 5) is 39.7. The van der Waals surface area contributed by atoms with Gasteiger partial charge in [-0.15, -0.1) is 0 Å². The average Bonchev–Trinajstić information content (AvgIpc) is 2.87. The van der Waals surface area contributed by atoms with Gasteiger partial charge in [0.2, 0.25) is 0 Å². The smallest absolute Gasteiger partial charge is 0.332 e. The maximum absolute atomic E-state index is 14.4. The monoisotopic (exact) mass is 385 g/mol. The molecule has 0 aromatic heterocycles. The van der Waals surface area contributed by atoms with Gasteiger partial charge in [-0.05, 0) is 13.0 Å². The van der Waals surface area contributed by atoms with Crippen LogP contribution in [0.15, 0.2) is 12.1 Å². The first-order chi connectivity index (χ1) is 12.4. The minimum absolute atomic E-state index is 0.0108. The second-order valence-electron chi connectivity index (χ2n) is 5.72. The van der Waals surface area contributed by atoms with Crippen LogP contribution in [0, 0.1) is 5.82 Å². The molecule has 2 aliphatic heterocycles. The molecule has 1 N–H and O–H groups in total. The molecule has 0 radical (unpaired) electrons. The number of carbonyl (C=O) groups excluding carboxylic acids is 3. The minimum Gasteiger partial charge on any atom is -0.495 e. The zero-order valence-corrected chi connectivity index (χ0v) is 14.9. The predicted octanol–water partition coefficient (Wildman–Crippen LogP) is 1.16. The van der Waals surface area contributed by atoms with Gasteiger partial charge in [-0.2, -0.15) is 0 Å². The molecular weight excluding hydrogens is 369 g/mol. The van der Waals surface area contributed by atoms with Gasteiger partial charge in [-0.1, -0.05) is 11.6 Å². The third-order valence-electron chi connectivity index (χ3n) is 4.28. The Kier molecular flexibility index (Phi) is 5.01. The van der Waals surface area contributed by atoms with Gasteiger partial charge in [0.25, 0.3) is 5.91 Å². The number of halogens is 2. The first-order valence-electron chi connectivity index (χ1n) is 7.98. The van der Waals surface area contributed by atoms with E-state index in [0.29, 0.717) is 11.4 Å². The number of benzene rings is 1. The van der Waals surface area contributed by atoms with E-state index in [0.717, 1.165) is 6.07 Å². The molecule has 2 aliphatic rings. The summed E-state index contributed by atoms with van der Waals surface area (Å²) in [5.74, 6) is -2.09. The first kappa shape index (κ1) is 18.4. The summed E-state index contributed by atoms with van der Waals surface area (Å²) in [6.07, 6.45) is 0. The number of anilines is 1. The SMILES string of the molecule is CCOC(=O)C1NCCN2C(=O)N(c3cc(OC)c(Cl)cc3F)C(=O)C12. The maximum atomic E-state index is 14.4. The highest BCUT2D eigenvalue weighted by Crippen LogP contribution is 2.36. The highest BCUT2D eigenvalue weighted by atomic mass is 35.5. The molecule has 2 unspecified atom stereocenters. The molecule has 10 heteroatoms. The summed E-state index contributed by atoms with van der Waals surface area (Å²) in [6.45, 7) is 2.29. The van der Waals surface area contributed by atoms with E-state index in [1.807, 2.05) is 0 Å². The van der Waals surface area contributed by atoms with Gasteiger partial charge in [-0.3, -0.25) is 9.59 Å². The van der Waals surface area contributed by atoms with Crippen LogP contribution in [0.2, 0.25) is 5.02 Å². The predicted molar refractivity (Wildman–Crippen MR) is 89.8 cm³/mol. The number of piperazine rings is 1. The zero-order valence-electron chi connectivity index (χ0n) is 14.1. The molecule has 140 valence electrons. The van der Waals surface area contributed by atoms with E-state index >= 15 is 0 Å². The molecule has 3 rings (SSSR count). The second-order valence-corrected chi connectivity index (χ2v) is 6.12. The molecule has 0 spiro atoms. The van der Waals surface area contributed by atoms with Crippen molar-refractivity contribution in [3.63, 3.8) is 0 Å². The normalized spacial score (nSPS) is 22.5. The van der Waals surface area contributed by atoms with E-state index in [2.05, 4.69) is 5.32 Å². The largest absolute Gasteiger partial charge is 0.495 e. The Labute approximate surface area is 153 Å². The van der Waals surface area contributed by atoms with E-state index < -0.39 is 35.8 Å². The maximum Gasteiger partial charge on any atom is 0.332 e. The summed E-state index contributed by atoms with van der Waals surface area (Å²) in [5.41, 5.74) is -0.279. The Hall–Kier alpha value is -2.39. The number of hydrogen-bond acceptors (Lipinski definition) is 6. The Morgan fingerprint density at radius 1 is 1.42 bits per heavy atom. The summed E-state index contributed by atoms with van der Waals surface area (Å²) >= 11 is 5.87. The van der Waals surface area contributed by atoms with Crippen molar-refractivity contribution in [2.75, 3.05) is 31.7 Å². The van der Waals surface area contributed by atoms with E-state index in [-0.39, 0.29) is 29.6 Å². The van der Waals surface area contributed by atoms with Gasteiger partial charge in [-0.25, -0.2) is 14.1 Å². The Balaban J connectivity index is 2.00. The van der Waals surface area contributed by atoms with Crippen molar-refractivity contribution >= 4 is 35.2 Å². The average molecular weight is 386 g/mol. The number of nitrogens with zero attached hydrogens (tertiary/aromatic N) is 2. The van der Waals surface area contributed by atoms with Crippen molar-refractivity contribution in [2.24, 2.45) is 0 Å². The number of nitrogens with one attached hydrogen (secondary N) is 1. The molecule has 2 heterocycles. The number of hydrogen-bond donors (Lipinski definition) is 1. The molecular formula is C16H17ClFN3O5. The highest BCUT2D eigenvalue weighted by Gasteiger charge is 2.54. The van der Waals surface area contributed by atoms with Gasteiger partial charge in [0.05, 0.1) is 24.4 Å². The van der Waals surface area contributed by atoms with Crippen LogP contribution in [-0.2, 0) is 14.3 Å². The summed E-state index contributed by atoms with van der Waals surface area (Å²) in [5, 5.41) is 2.90. The Morgan fingerprint density at radius 3 is 2.81 bits per heavy atom. The van der Waals surface area contributed by atoms with Gasteiger partial charge < -0.3 is 19.7 Å². The van der Waals surface area contributed by atoms with Crippen molar-refractivity contribution < 1.29 is 28.2 Å². The number of imide groups is 1. The summed E-state index contributed by atoms with van der Waals surface area (Å²) in [6, 6.07) is -0.675. The summed E-state index contributed by atoms with van der Waals surface area (Å²) in [7, 11) is 1.33.